The van der Waals surface area contributed by atoms with Gasteiger partial charge in [-0.2, -0.15) is 10.2 Å². The molecule has 0 aliphatic heterocycles. The molecule has 0 aliphatic rings. The van der Waals surface area contributed by atoms with Crippen molar-refractivity contribution in [1.82, 2.24) is 10.2 Å². The molecule has 0 fully saturated rings. The molecule has 2 nitrogen and oxygen atoms in total. The quantitative estimate of drug-likeness (QED) is 0.827. The van der Waals surface area contributed by atoms with Gasteiger partial charge in [-0.05, 0) is 29.8 Å². The van der Waals surface area contributed by atoms with Crippen LogP contribution in [0.3, 0.4) is 0 Å². The predicted octanol–water partition coefficient (Wildman–Crippen LogP) is 3.41. The largest absolute Gasteiger partial charge is 0.159 e. The molecule has 1 heterocycles. The van der Waals surface area contributed by atoms with Gasteiger partial charge in [-0.1, -0.05) is 40.2 Å². The van der Waals surface area contributed by atoms with Gasteiger partial charge in [0.15, 0.2) is 0 Å². The van der Waals surface area contributed by atoms with Crippen molar-refractivity contribution in [1.29, 1.82) is 0 Å². The number of halogens is 1. The van der Waals surface area contributed by atoms with Gasteiger partial charge in [-0.15, -0.1) is 0 Å². The Morgan fingerprint density at radius 2 is 1.87 bits per heavy atom. The topological polar surface area (TPSA) is 25.8 Å². The van der Waals surface area contributed by atoms with Gasteiger partial charge in [0, 0.05) is 10.7 Å². The molecule has 0 bridgehead atoms. The van der Waals surface area contributed by atoms with Gasteiger partial charge >= 0.3 is 0 Å². The Kier molecular flexibility index (Phi) is 3.25. The zero-order chi connectivity index (χ0) is 10.5. The van der Waals surface area contributed by atoms with Gasteiger partial charge in [0.1, 0.15) is 0 Å². The Labute approximate surface area is 96.8 Å². The van der Waals surface area contributed by atoms with E-state index in [4.69, 9.17) is 0 Å². The standard InChI is InChI=1S/C12H9BrN2/c13-12-6-2-1-4-10(12)7-8-11-5-3-9-14-15-11/h1-9H/b8-7+. The van der Waals surface area contributed by atoms with Crippen LogP contribution in [0.1, 0.15) is 11.3 Å². The molecular weight excluding hydrogens is 252 g/mol. The van der Waals surface area contributed by atoms with Crippen LogP contribution in [0.2, 0.25) is 0 Å². The Morgan fingerprint density at radius 3 is 2.60 bits per heavy atom. The lowest BCUT2D eigenvalue weighted by atomic mass is 10.2. The van der Waals surface area contributed by atoms with Gasteiger partial charge in [-0.25, -0.2) is 0 Å². The molecule has 0 radical (unpaired) electrons. The van der Waals surface area contributed by atoms with E-state index in [0.717, 1.165) is 15.7 Å². The van der Waals surface area contributed by atoms with Gasteiger partial charge in [0.25, 0.3) is 0 Å². The molecule has 0 unspecified atom stereocenters. The van der Waals surface area contributed by atoms with Crippen molar-refractivity contribution in [2.24, 2.45) is 0 Å². The molecule has 0 N–H and O–H groups in total. The molecule has 0 spiro atoms. The molecule has 3 heteroatoms. The summed E-state index contributed by atoms with van der Waals surface area (Å²) in [4.78, 5) is 0. The third-order valence-corrected chi connectivity index (χ3v) is 2.65. The summed E-state index contributed by atoms with van der Waals surface area (Å²) < 4.78 is 1.07. The summed E-state index contributed by atoms with van der Waals surface area (Å²) in [6.07, 6.45) is 5.61. The van der Waals surface area contributed by atoms with Crippen LogP contribution < -0.4 is 0 Å². The summed E-state index contributed by atoms with van der Waals surface area (Å²) in [5, 5.41) is 7.78. The molecule has 0 aliphatic carbocycles. The molecule has 0 amide bonds. The Bertz CT molecular complexity index is 466. The fourth-order valence-corrected chi connectivity index (χ4v) is 1.60. The lowest BCUT2D eigenvalue weighted by molar-refractivity contribution is 1.02. The molecule has 74 valence electrons. The van der Waals surface area contributed by atoms with E-state index in [1.165, 1.54) is 0 Å². The highest BCUT2D eigenvalue weighted by atomic mass is 79.9. The molecule has 1 aromatic carbocycles. The van der Waals surface area contributed by atoms with E-state index < -0.39 is 0 Å². The summed E-state index contributed by atoms with van der Waals surface area (Å²) in [6, 6.07) is 11.8. The lowest BCUT2D eigenvalue weighted by Gasteiger charge is -1.96. The van der Waals surface area contributed by atoms with Crippen LogP contribution in [0.25, 0.3) is 12.2 Å². The summed E-state index contributed by atoms with van der Waals surface area (Å²) in [6.45, 7) is 0. The van der Waals surface area contributed by atoms with Crippen molar-refractivity contribution in [3.05, 3.63) is 58.3 Å². The van der Waals surface area contributed by atoms with Gasteiger partial charge in [0.05, 0.1) is 5.69 Å². The van der Waals surface area contributed by atoms with Crippen molar-refractivity contribution in [2.75, 3.05) is 0 Å². The van der Waals surface area contributed by atoms with Crippen molar-refractivity contribution < 1.29 is 0 Å². The highest BCUT2D eigenvalue weighted by Crippen LogP contribution is 2.17. The first-order chi connectivity index (χ1) is 7.36. The minimum atomic E-state index is 0.855. The van der Waals surface area contributed by atoms with E-state index in [2.05, 4.69) is 26.1 Å². The first-order valence-corrected chi connectivity index (χ1v) is 5.36. The van der Waals surface area contributed by atoms with E-state index in [-0.39, 0.29) is 0 Å². The second-order valence-corrected chi connectivity index (χ2v) is 3.86. The Balaban J connectivity index is 2.23. The van der Waals surface area contributed by atoms with Gasteiger partial charge < -0.3 is 0 Å². The van der Waals surface area contributed by atoms with Crippen molar-refractivity contribution >= 4 is 28.1 Å². The number of rotatable bonds is 2. The van der Waals surface area contributed by atoms with Crippen LogP contribution >= 0.6 is 15.9 Å². The Hall–Kier alpha value is -1.48. The maximum Gasteiger partial charge on any atom is 0.0857 e. The second-order valence-electron chi connectivity index (χ2n) is 3.00. The van der Waals surface area contributed by atoms with E-state index in [0.29, 0.717) is 0 Å². The van der Waals surface area contributed by atoms with Crippen molar-refractivity contribution in [3.63, 3.8) is 0 Å². The van der Waals surface area contributed by atoms with E-state index in [1.807, 2.05) is 48.6 Å². The van der Waals surface area contributed by atoms with Crippen molar-refractivity contribution in [2.45, 2.75) is 0 Å². The highest BCUT2D eigenvalue weighted by Gasteiger charge is 1.93. The SMILES string of the molecule is Brc1ccccc1/C=C/c1cccnn1. The number of aromatic nitrogens is 2. The highest BCUT2D eigenvalue weighted by molar-refractivity contribution is 9.10. The van der Waals surface area contributed by atoms with E-state index in [9.17, 15) is 0 Å². The molecule has 15 heavy (non-hydrogen) atoms. The normalized spacial score (nSPS) is 10.7. The maximum absolute atomic E-state index is 3.97. The third kappa shape index (κ3) is 2.73. The van der Waals surface area contributed by atoms with Crippen LogP contribution in [-0.2, 0) is 0 Å². The molecule has 2 rings (SSSR count). The van der Waals surface area contributed by atoms with Crippen LogP contribution in [-0.4, -0.2) is 10.2 Å². The van der Waals surface area contributed by atoms with Crippen LogP contribution in [0, 0.1) is 0 Å². The fraction of sp³-hybridized carbons (Fsp3) is 0. The number of hydrogen-bond acceptors (Lipinski definition) is 2. The lowest BCUT2D eigenvalue weighted by Crippen LogP contribution is -1.82. The summed E-state index contributed by atoms with van der Waals surface area (Å²) in [5.41, 5.74) is 1.98. The monoisotopic (exact) mass is 260 g/mol. The number of hydrogen-bond donors (Lipinski definition) is 0. The summed E-state index contributed by atoms with van der Waals surface area (Å²) in [5.74, 6) is 0. The second kappa shape index (κ2) is 4.84. The predicted molar refractivity (Wildman–Crippen MR) is 65.1 cm³/mol. The molecule has 0 saturated heterocycles. The molecule has 0 atom stereocenters. The first-order valence-electron chi connectivity index (χ1n) is 4.56. The molecule has 0 saturated carbocycles. The number of nitrogens with zero attached hydrogens (tertiary/aromatic N) is 2. The molecule has 2 aromatic rings. The fourth-order valence-electron chi connectivity index (χ4n) is 1.19. The number of benzene rings is 1. The third-order valence-electron chi connectivity index (χ3n) is 1.93. The summed E-state index contributed by atoms with van der Waals surface area (Å²) in [7, 11) is 0. The van der Waals surface area contributed by atoms with E-state index >= 15 is 0 Å². The summed E-state index contributed by atoms with van der Waals surface area (Å²) >= 11 is 3.48. The first kappa shape index (κ1) is 10.1. The molecular formula is C12H9BrN2. The average molecular weight is 261 g/mol. The Morgan fingerprint density at radius 1 is 1.00 bits per heavy atom. The van der Waals surface area contributed by atoms with Crippen LogP contribution in [0.4, 0.5) is 0 Å². The van der Waals surface area contributed by atoms with Gasteiger partial charge in [-0.3, -0.25) is 0 Å². The van der Waals surface area contributed by atoms with E-state index in [1.54, 1.807) is 6.20 Å². The zero-order valence-electron chi connectivity index (χ0n) is 7.97. The van der Waals surface area contributed by atoms with Gasteiger partial charge in [0.2, 0.25) is 0 Å². The minimum Gasteiger partial charge on any atom is -0.159 e. The van der Waals surface area contributed by atoms with Crippen LogP contribution in [0.15, 0.2) is 47.1 Å². The van der Waals surface area contributed by atoms with Crippen LogP contribution in [0.5, 0.6) is 0 Å². The smallest absolute Gasteiger partial charge is 0.0857 e. The minimum absolute atomic E-state index is 0.855. The zero-order valence-corrected chi connectivity index (χ0v) is 9.55. The molecule has 1 aromatic heterocycles. The van der Waals surface area contributed by atoms with Crippen molar-refractivity contribution in [3.8, 4) is 0 Å². The maximum atomic E-state index is 3.97. The average Bonchev–Trinajstić information content (AvgIpc) is 2.29.